The Morgan fingerprint density at radius 1 is 1.19 bits per heavy atom. The fraction of sp³-hybridized carbons (Fsp3) is 0.471. The van der Waals surface area contributed by atoms with Crippen molar-refractivity contribution in [1.29, 1.82) is 0 Å². The smallest absolute Gasteiger partial charge is 0.392 e. The van der Waals surface area contributed by atoms with Crippen LogP contribution in [-0.4, -0.2) is 23.3 Å². The van der Waals surface area contributed by atoms with Crippen molar-refractivity contribution in [3.8, 4) is 5.69 Å². The monoisotopic (exact) mass is 403 g/mol. The first-order valence-corrected chi connectivity index (χ1v) is 10.1. The number of aliphatic hydroxyl groups excluding tert-OH is 1. The zero-order valence-electron chi connectivity index (χ0n) is 14.4. The molecule has 1 aliphatic rings. The third-order valence-corrected chi connectivity index (χ3v) is 5.83. The highest BCUT2D eigenvalue weighted by Gasteiger charge is 2.36. The molecule has 0 bridgehead atoms. The lowest BCUT2D eigenvalue weighted by molar-refractivity contribution is -0.141. The van der Waals surface area contributed by atoms with Gasteiger partial charge in [0, 0.05) is 11.6 Å². The molecular weight excluding hydrogens is 383 g/mol. The lowest BCUT2D eigenvalue weighted by Crippen LogP contribution is -2.16. The molecule has 6 nitrogen and oxygen atoms in total. The summed E-state index contributed by atoms with van der Waals surface area (Å²) in [6, 6.07) is 4.88. The van der Waals surface area contributed by atoms with Crippen LogP contribution in [0.1, 0.15) is 55.0 Å². The number of rotatable bonds is 4. The highest BCUT2D eigenvalue weighted by Crippen LogP contribution is 2.37. The van der Waals surface area contributed by atoms with Crippen molar-refractivity contribution >= 4 is 10.0 Å². The molecule has 0 radical (unpaired) electrons. The van der Waals surface area contributed by atoms with E-state index in [1.54, 1.807) is 0 Å². The number of primary sulfonamides is 1. The molecular formula is C17H20F3N3O3S. The van der Waals surface area contributed by atoms with E-state index in [1.165, 1.54) is 22.9 Å². The highest BCUT2D eigenvalue weighted by atomic mass is 32.2. The number of nitrogens with two attached hydrogens (primary N) is 1. The van der Waals surface area contributed by atoms with Crippen molar-refractivity contribution in [1.82, 2.24) is 9.78 Å². The summed E-state index contributed by atoms with van der Waals surface area (Å²) >= 11 is 0. The molecule has 1 aromatic carbocycles. The second kappa shape index (κ2) is 7.25. The molecule has 1 heterocycles. The molecule has 0 spiro atoms. The maximum Gasteiger partial charge on any atom is 0.435 e. The van der Waals surface area contributed by atoms with Gasteiger partial charge in [-0.05, 0) is 42.7 Å². The average molecular weight is 403 g/mol. The van der Waals surface area contributed by atoms with Crippen LogP contribution in [0.2, 0.25) is 0 Å². The third-order valence-electron chi connectivity index (χ3n) is 4.82. The number of hydrogen-bond acceptors (Lipinski definition) is 4. The summed E-state index contributed by atoms with van der Waals surface area (Å²) in [5, 5.41) is 18.3. The molecule has 10 heteroatoms. The largest absolute Gasteiger partial charge is 0.435 e. The lowest BCUT2D eigenvalue weighted by atomic mass is 9.86. The van der Waals surface area contributed by atoms with Crippen LogP contribution in [0, 0.1) is 0 Å². The van der Waals surface area contributed by atoms with Gasteiger partial charge in [0.2, 0.25) is 10.0 Å². The van der Waals surface area contributed by atoms with E-state index in [0.29, 0.717) is 5.69 Å². The SMILES string of the molecule is NS(=O)(=O)c1ccc(-n2nc(C(F)(F)F)cc2C2CCCCC2)cc1CO. The van der Waals surface area contributed by atoms with Crippen LogP contribution in [-0.2, 0) is 22.8 Å². The summed E-state index contributed by atoms with van der Waals surface area (Å²) in [5.41, 5.74) is -0.297. The van der Waals surface area contributed by atoms with E-state index in [2.05, 4.69) is 5.10 Å². The predicted molar refractivity (Wildman–Crippen MR) is 91.7 cm³/mol. The molecule has 1 fully saturated rings. The molecule has 1 saturated carbocycles. The Bertz CT molecular complexity index is 933. The molecule has 0 aliphatic heterocycles. The number of hydrogen-bond donors (Lipinski definition) is 2. The molecule has 3 N–H and O–H groups in total. The summed E-state index contributed by atoms with van der Waals surface area (Å²) < 4.78 is 64.1. The van der Waals surface area contributed by atoms with Crippen molar-refractivity contribution in [3.05, 3.63) is 41.2 Å². The third kappa shape index (κ3) is 4.17. The molecule has 148 valence electrons. The van der Waals surface area contributed by atoms with Crippen LogP contribution in [0.4, 0.5) is 13.2 Å². The number of nitrogens with zero attached hydrogens (tertiary/aromatic N) is 2. The van der Waals surface area contributed by atoms with E-state index in [4.69, 9.17) is 5.14 Å². The summed E-state index contributed by atoms with van der Waals surface area (Å²) in [7, 11) is -4.06. The molecule has 27 heavy (non-hydrogen) atoms. The standard InChI is InChI=1S/C17H20F3N3O3S/c18-17(19,20)16-9-14(11-4-2-1-3-5-11)23(22-16)13-6-7-15(27(21,25)26)12(8-13)10-24/h6-9,11,24H,1-5,10H2,(H2,21,25,26). The number of alkyl halides is 3. The normalized spacial score (nSPS) is 16.6. The molecule has 0 unspecified atom stereocenters. The molecule has 0 atom stereocenters. The van der Waals surface area contributed by atoms with Crippen molar-refractivity contribution in [2.75, 3.05) is 0 Å². The second-order valence-electron chi connectivity index (χ2n) is 6.69. The Morgan fingerprint density at radius 2 is 1.85 bits per heavy atom. The van der Waals surface area contributed by atoms with Crippen LogP contribution in [0.25, 0.3) is 5.69 Å². The second-order valence-corrected chi connectivity index (χ2v) is 8.22. The van der Waals surface area contributed by atoms with Crippen LogP contribution >= 0.6 is 0 Å². The fourth-order valence-electron chi connectivity index (χ4n) is 3.53. The summed E-state index contributed by atoms with van der Waals surface area (Å²) in [5.74, 6) is -0.0576. The summed E-state index contributed by atoms with van der Waals surface area (Å²) in [6.45, 7) is -0.619. The molecule has 1 aromatic heterocycles. The van der Waals surface area contributed by atoms with Gasteiger partial charge in [-0.25, -0.2) is 18.2 Å². The minimum Gasteiger partial charge on any atom is -0.392 e. The van der Waals surface area contributed by atoms with E-state index in [0.717, 1.165) is 38.2 Å². The van der Waals surface area contributed by atoms with Gasteiger partial charge in [-0.3, -0.25) is 0 Å². The molecule has 2 aromatic rings. The van der Waals surface area contributed by atoms with Crippen molar-refractivity contribution in [3.63, 3.8) is 0 Å². The van der Waals surface area contributed by atoms with Gasteiger partial charge in [0.1, 0.15) is 0 Å². The quantitative estimate of drug-likeness (QED) is 0.820. The lowest BCUT2D eigenvalue weighted by Gasteiger charge is -2.22. The zero-order chi connectivity index (χ0) is 19.8. The van der Waals surface area contributed by atoms with Crippen LogP contribution in [0.3, 0.4) is 0 Å². The first kappa shape index (κ1) is 19.8. The molecule has 0 saturated heterocycles. The number of halogens is 3. The van der Waals surface area contributed by atoms with Gasteiger partial charge in [-0.1, -0.05) is 19.3 Å². The van der Waals surface area contributed by atoms with Gasteiger partial charge in [0.15, 0.2) is 5.69 Å². The minimum absolute atomic E-state index is 0.00801. The first-order chi connectivity index (χ1) is 12.6. The Hall–Kier alpha value is -1.91. The number of benzene rings is 1. The molecule has 0 amide bonds. The Balaban J connectivity index is 2.13. The van der Waals surface area contributed by atoms with Crippen molar-refractivity contribution in [2.24, 2.45) is 5.14 Å². The van der Waals surface area contributed by atoms with E-state index in [-0.39, 0.29) is 22.1 Å². The van der Waals surface area contributed by atoms with Crippen LogP contribution < -0.4 is 5.14 Å². The highest BCUT2D eigenvalue weighted by molar-refractivity contribution is 7.89. The molecule has 1 aliphatic carbocycles. The Labute approximate surface area is 154 Å². The van der Waals surface area contributed by atoms with E-state index < -0.39 is 28.5 Å². The van der Waals surface area contributed by atoms with E-state index >= 15 is 0 Å². The van der Waals surface area contributed by atoms with Gasteiger partial charge in [0.25, 0.3) is 0 Å². The minimum atomic E-state index is -4.59. The zero-order valence-corrected chi connectivity index (χ0v) is 15.2. The van der Waals surface area contributed by atoms with Crippen molar-refractivity contribution in [2.45, 2.75) is 55.7 Å². The maximum absolute atomic E-state index is 13.2. The van der Waals surface area contributed by atoms with Gasteiger partial charge in [-0.2, -0.15) is 18.3 Å². The topological polar surface area (TPSA) is 98.2 Å². The molecule has 3 rings (SSSR count). The van der Waals surface area contributed by atoms with Crippen molar-refractivity contribution < 1.29 is 26.7 Å². The van der Waals surface area contributed by atoms with Gasteiger partial charge >= 0.3 is 6.18 Å². The van der Waals surface area contributed by atoms with Gasteiger partial charge < -0.3 is 5.11 Å². The van der Waals surface area contributed by atoms with Crippen LogP contribution in [0.15, 0.2) is 29.2 Å². The number of sulfonamides is 1. The maximum atomic E-state index is 13.2. The van der Waals surface area contributed by atoms with Gasteiger partial charge in [0.05, 0.1) is 17.2 Å². The van der Waals surface area contributed by atoms with E-state index in [9.17, 15) is 26.7 Å². The Kier molecular flexibility index (Phi) is 5.33. The number of aromatic nitrogens is 2. The van der Waals surface area contributed by atoms with E-state index in [1.807, 2.05) is 0 Å². The number of aliphatic hydroxyl groups is 1. The predicted octanol–water partition coefficient (Wildman–Crippen LogP) is 3.08. The summed E-state index contributed by atoms with van der Waals surface area (Å²) in [4.78, 5) is -0.267. The van der Waals surface area contributed by atoms with Crippen LogP contribution in [0.5, 0.6) is 0 Å². The summed E-state index contributed by atoms with van der Waals surface area (Å²) in [6.07, 6.45) is -0.132. The fourth-order valence-corrected chi connectivity index (χ4v) is 4.28. The van der Waals surface area contributed by atoms with Gasteiger partial charge in [-0.15, -0.1) is 0 Å². The average Bonchev–Trinajstić information content (AvgIpc) is 3.07. The first-order valence-electron chi connectivity index (χ1n) is 8.55. The Morgan fingerprint density at radius 3 is 2.41 bits per heavy atom.